The summed E-state index contributed by atoms with van der Waals surface area (Å²) in [5, 5.41) is 0. The van der Waals surface area contributed by atoms with Gasteiger partial charge < -0.3 is 4.74 Å². The van der Waals surface area contributed by atoms with Crippen LogP contribution in [0.15, 0.2) is 12.7 Å². The lowest BCUT2D eigenvalue weighted by Crippen LogP contribution is -2.32. The van der Waals surface area contributed by atoms with Gasteiger partial charge in [0, 0.05) is 6.08 Å². The molecule has 0 aromatic heterocycles. The molecular formula is C9H13ClO3. The van der Waals surface area contributed by atoms with E-state index < -0.39 is 10.8 Å². The number of esters is 1. The summed E-state index contributed by atoms with van der Waals surface area (Å²) in [5.74, 6) is -0.913. The van der Waals surface area contributed by atoms with Crippen molar-refractivity contribution < 1.29 is 14.3 Å². The smallest absolute Gasteiger partial charge is 0.330 e. The Hall–Kier alpha value is -0.830. The fourth-order valence-corrected chi connectivity index (χ4v) is 0.598. The SMILES string of the molecule is C=CC(=O)OCC(=O)C(C)(Cl)CC. The number of carbonyl (C=O) groups excluding carboxylic acids is 2. The summed E-state index contributed by atoms with van der Waals surface area (Å²) in [7, 11) is 0. The van der Waals surface area contributed by atoms with Gasteiger partial charge in [0.05, 0.1) is 0 Å². The van der Waals surface area contributed by atoms with Crippen molar-refractivity contribution in [2.45, 2.75) is 25.1 Å². The highest BCUT2D eigenvalue weighted by molar-refractivity contribution is 6.35. The van der Waals surface area contributed by atoms with Crippen LogP contribution in [0.3, 0.4) is 0 Å². The Morgan fingerprint density at radius 1 is 1.62 bits per heavy atom. The zero-order chi connectivity index (χ0) is 10.5. The van der Waals surface area contributed by atoms with Crippen LogP contribution in [0.5, 0.6) is 0 Å². The standard InChI is InChI=1S/C9H13ClO3/c1-4-8(12)13-6-7(11)9(3,10)5-2/h4H,1,5-6H2,2-3H3. The second-order valence-corrected chi connectivity index (χ2v) is 3.62. The maximum atomic E-state index is 11.3. The molecule has 0 saturated heterocycles. The topological polar surface area (TPSA) is 43.4 Å². The third-order valence-corrected chi connectivity index (χ3v) is 2.24. The first-order valence-corrected chi connectivity index (χ1v) is 4.33. The minimum Gasteiger partial charge on any atom is -0.454 e. The number of halogens is 1. The van der Waals surface area contributed by atoms with E-state index in [9.17, 15) is 9.59 Å². The zero-order valence-electron chi connectivity index (χ0n) is 7.80. The molecule has 0 radical (unpaired) electrons. The van der Waals surface area contributed by atoms with E-state index in [1.54, 1.807) is 13.8 Å². The molecule has 0 bridgehead atoms. The average Bonchev–Trinajstić information content (AvgIpc) is 2.13. The molecule has 13 heavy (non-hydrogen) atoms. The summed E-state index contributed by atoms with van der Waals surface area (Å²) in [4.78, 5) is 20.9. The van der Waals surface area contributed by atoms with Crippen molar-refractivity contribution in [3.05, 3.63) is 12.7 Å². The number of alkyl halides is 1. The van der Waals surface area contributed by atoms with Crippen LogP contribution in [-0.4, -0.2) is 23.2 Å². The molecule has 0 rings (SSSR count). The van der Waals surface area contributed by atoms with Gasteiger partial charge >= 0.3 is 5.97 Å². The number of rotatable bonds is 5. The van der Waals surface area contributed by atoms with Gasteiger partial charge in [0.1, 0.15) is 4.87 Å². The Morgan fingerprint density at radius 2 is 2.15 bits per heavy atom. The lowest BCUT2D eigenvalue weighted by Gasteiger charge is -2.17. The molecule has 0 heterocycles. The van der Waals surface area contributed by atoms with E-state index in [0.29, 0.717) is 6.42 Å². The van der Waals surface area contributed by atoms with Crippen molar-refractivity contribution in [2.75, 3.05) is 6.61 Å². The molecule has 1 atom stereocenters. The van der Waals surface area contributed by atoms with Crippen LogP contribution in [0.25, 0.3) is 0 Å². The van der Waals surface area contributed by atoms with E-state index in [1.165, 1.54) is 0 Å². The molecule has 0 aliphatic rings. The molecule has 0 saturated carbocycles. The van der Waals surface area contributed by atoms with Crippen LogP contribution in [0.2, 0.25) is 0 Å². The molecule has 0 fully saturated rings. The number of carbonyl (C=O) groups is 2. The molecule has 74 valence electrons. The third kappa shape index (κ3) is 4.08. The fourth-order valence-electron chi connectivity index (χ4n) is 0.543. The first kappa shape index (κ1) is 12.2. The van der Waals surface area contributed by atoms with Crippen LogP contribution in [0.4, 0.5) is 0 Å². The Kier molecular flexibility index (Phi) is 4.70. The fraction of sp³-hybridized carbons (Fsp3) is 0.556. The molecule has 4 heteroatoms. The molecule has 0 amide bonds. The molecule has 1 unspecified atom stereocenters. The highest BCUT2D eigenvalue weighted by atomic mass is 35.5. The zero-order valence-corrected chi connectivity index (χ0v) is 8.56. The van der Waals surface area contributed by atoms with Gasteiger partial charge in [-0.2, -0.15) is 0 Å². The Morgan fingerprint density at radius 3 is 2.54 bits per heavy atom. The maximum Gasteiger partial charge on any atom is 0.330 e. The third-order valence-electron chi connectivity index (χ3n) is 1.76. The predicted octanol–water partition coefficient (Wildman–Crippen LogP) is 1.69. The molecule has 3 nitrogen and oxygen atoms in total. The monoisotopic (exact) mass is 204 g/mol. The van der Waals surface area contributed by atoms with Gasteiger partial charge in [-0.1, -0.05) is 13.5 Å². The maximum absolute atomic E-state index is 11.3. The first-order valence-electron chi connectivity index (χ1n) is 3.95. The van der Waals surface area contributed by atoms with Crippen molar-refractivity contribution in [1.29, 1.82) is 0 Å². The van der Waals surface area contributed by atoms with Crippen LogP contribution in [-0.2, 0) is 14.3 Å². The number of hydrogen-bond donors (Lipinski definition) is 0. The summed E-state index contributed by atoms with van der Waals surface area (Å²) in [6, 6.07) is 0. The number of Topliss-reactive ketones (excluding diaryl/α,β-unsaturated/α-hetero) is 1. The first-order chi connectivity index (χ1) is 5.94. The van der Waals surface area contributed by atoms with Gasteiger partial charge in [0.25, 0.3) is 0 Å². The average molecular weight is 205 g/mol. The van der Waals surface area contributed by atoms with Crippen molar-refractivity contribution in [3.8, 4) is 0 Å². The van der Waals surface area contributed by atoms with Crippen molar-refractivity contribution in [2.24, 2.45) is 0 Å². The van der Waals surface area contributed by atoms with Crippen molar-refractivity contribution in [3.63, 3.8) is 0 Å². The van der Waals surface area contributed by atoms with Gasteiger partial charge in [0.2, 0.25) is 0 Å². The normalized spacial score (nSPS) is 14.4. The lowest BCUT2D eigenvalue weighted by molar-refractivity contribution is -0.143. The summed E-state index contributed by atoms with van der Waals surface area (Å²) in [6.07, 6.45) is 1.50. The summed E-state index contributed by atoms with van der Waals surface area (Å²) in [5.41, 5.74) is 0. The van der Waals surface area contributed by atoms with Crippen molar-refractivity contribution >= 4 is 23.4 Å². The largest absolute Gasteiger partial charge is 0.454 e. The minimum absolute atomic E-state index is 0.293. The quantitative estimate of drug-likeness (QED) is 0.389. The van der Waals surface area contributed by atoms with Crippen LogP contribution in [0, 0.1) is 0 Å². The molecule has 0 aliphatic heterocycles. The summed E-state index contributed by atoms with van der Waals surface area (Å²) >= 11 is 5.83. The second-order valence-electron chi connectivity index (χ2n) is 2.79. The molecule has 0 spiro atoms. The van der Waals surface area contributed by atoms with Crippen LogP contribution >= 0.6 is 11.6 Å². The minimum atomic E-state index is -0.943. The summed E-state index contributed by atoms with van der Waals surface area (Å²) < 4.78 is 4.55. The van der Waals surface area contributed by atoms with Crippen LogP contribution in [0.1, 0.15) is 20.3 Å². The Bertz CT molecular complexity index is 221. The van der Waals surface area contributed by atoms with Crippen molar-refractivity contribution in [1.82, 2.24) is 0 Å². The van der Waals surface area contributed by atoms with E-state index in [1.807, 2.05) is 0 Å². The molecule has 0 aliphatic carbocycles. The van der Waals surface area contributed by atoms with E-state index in [4.69, 9.17) is 11.6 Å². The highest BCUT2D eigenvalue weighted by Crippen LogP contribution is 2.19. The van der Waals surface area contributed by atoms with Gasteiger partial charge in [-0.3, -0.25) is 4.79 Å². The lowest BCUT2D eigenvalue weighted by atomic mass is 10.0. The van der Waals surface area contributed by atoms with Gasteiger partial charge in [-0.25, -0.2) is 4.79 Å². The van der Waals surface area contributed by atoms with Gasteiger partial charge in [-0.15, -0.1) is 11.6 Å². The number of ketones is 1. The highest BCUT2D eigenvalue weighted by Gasteiger charge is 2.28. The second kappa shape index (κ2) is 5.02. The van der Waals surface area contributed by atoms with E-state index in [-0.39, 0.29) is 12.4 Å². The summed E-state index contributed by atoms with van der Waals surface area (Å²) in [6.45, 7) is 6.30. The van der Waals surface area contributed by atoms with Crippen LogP contribution < -0.4 is 0 Å². The number of ether oxygens (including phenoxy) is 1. The predicted molar refractivity (Wildman–Crippen MR) is 50.7 cm³/mol. The van der Waals surface area contributed by atoms with E-state index in [0.717, 1.165) is 6.08 Å². The Labute approximate surface area is 82.7 Å². The molecule has 0 aromatic carbocycles. The molecule has 0 N–H and O–H groups in total. The Balaban J connectivity index is 4.02. The molecular weight excluding hydrogens is 192 g/mol. The van der Waals surface area contributed by atoms with E-state index >= 15 is 0 Å². The van der Waals surface area contributed by atoms with Gasteiger partial charge in [0.15, 0.2) is 12.4 Å². The molecule has 0 aromatic rings. The van der Waals surface area contributed by atoms with E-state index in [2.05, 4.69) is 11.3 Å². The van der Waals surface area contributed by atoms with Gasteiger partial charge in [-0.05, 0) is 13.3 Å². The number of hydrogen-bond acceptors (Lipinski definition) is 3.